The van der Waals surface area contributed by atoms with Crippen molar-refractivity contribution in [3.05, 3.63) is 95.1 Å². The van der Waals surface area contributed by atoms with E-state index in [-0.39, 0.29) is 17.7 Å². The van der Waals surface area contributed by atoms with E-state index in [0.717, 1.165) is 55.5 Å². The van der Waals surface area contributed by atoms with Crippen molar-refractivity contribution in [3.63, 3.8) is 0 Å². The fraction of sp³-hybridized carbons (Fsp3) is 0.486. The van der Waals surface area contributed by atoms with Crippen molar-refractivity contribution in [2.75, 3.05) is 19.7 Å². The smallest absolute Gasteiger partial charge is 0.223 e. The largest absolute Gasteiger partial charge is 0.508 e. The van der Waals surface area contributed by atoms with Crippen LogP contribution in [0.2, 0.25) is 0 Å². The maximum Gasteiger partial charge on any atom is 0.223 e. The van der Waals surface area contributed by atoms with Crippen LogP contribution in [-0.4, -0.2) is 47.7 Å². The number of benzene rings is 3. The van der Waals surface area contributed by atoms with Crippen LogP contribution in [0.1, 0.15) is 88.0 Å². The van der Waals surface area contributed by atoms with E-state index in [1.165, 1.54) is 24.0 Å². The van der Waals surface area contributed by atoms with Gasteiger partial charge in [-0.2, -0.15) is 0 Å². The summed E-state index contributed by atoms with van der Waals surface area (Å²) in [5.74, 6) is 1.74. The first-order valence-corrected chi connectivity index (χ1v) is 15.9. The molecule has 0 heterocycles. The van der Waals surface area contributed by atoms with Crippen LogP contribution in [-0.2, 0) is 17.6 Å². The molecule has 1 amide bonds. The summed E-state index contributed by atoms with van der Waals surface area (Å²) >= 11 is 0. The second kappa shape index (κ2) is 15.8. The second-order valence-electron chi connectivity index (χ2n) is 12.3. The molecule has 2 N–H and O–H groups in total. The average Bonchev–Trinajstić information content (AvgIpc) is 3.53. The van der Waals surface area contributed by atoms with Crippen LogP contribution in [0.4, 0.5) is 0 Å². The Bertz CT molecular complexity index is 1230. The highest BCUT2D eigenvalue weighted by Gasteiger charge is 2.23. The first-order valence-electron chi connectivity index (χ1n) is 15.9. The zero-order valence-corrected chi connectivity index (χ0v) is 26.0. The molecule has 0 bridgehead atoms. The first-order chi connectivity index (χ1) is 20.3. The molecule has 0 spiro atoms. The zero-order valence-electron chi connectivity index (χ0n) is 26.0. The number of phenols is 1. The molecule has 1 saturated carbocycles. The third kappa shape index (κ3) is 9.09. The molecule has 1 atom stereocenters. The number of carbonyl (C=O) groups excluding carboxylic acids is 1. The Morgan fingerprint density at radius 1 is 0.905 bits per heavy atom. The van der Waals surface area contributed by atoms with E-state index in [1.807, 2.05) is 30.3 Å². The van der Waals surface area contributed by atoms with Crippen molar-refractivity contribution in [2.24, 2.45) is 5.92 Å². The van der Waals surface area contributed by atoms with Crippen molar-refractivity contribution in [1.82, 2.24) is 10.2 Å². The van der Waals surface area contributed by atoms with E-state index in [2.05, 4.69) is 80.4 Å². The lowest BCUT2D eigenvalue weighted by Crippen LogP contribution is -2.38. The predicted octanol–water partition coefficient (Wildman–Crippen LogP) is 7.50. The van der Waals surface area contributed by atoms with Crippen LogP contribution >= 0.6 is 0 Å². The van der Waals surface area contributed by atoms with Gasteiger partial charge in [0.2, 0.25) is 5.91 Å². The molecule has 1 fully saturated rings. The number of amides is 1. The van der Waals surface area contributed by atoms with Gasteiger partial charge in [0.05, 0.1) is 6.61 Å². The van der Waals surface area contributed by atoms with Crippen molar-refractivity contribution in [1.29, 1.82) is 0 Å². The van der Waals surface area contributed by atoms with E-state index in [0.29, 0.717) is 31.0 Å². The van der Waals surface area contributed by atoms with E-state index < -0.39 is 0 Å². The number of phenolic OH excluding ortho intramolecular Hbond substituents is 1. The molecule has 42 heavy (non-hydrogen) atoms. The number of carbonyl (C=O) groups is 1. The number of nitrogens with one attached hydrogen (secondary N) is 1. The zero-order chi connectivity index (χ0) is 29.9. The van der Waals surface area contributed by atoms with E-state index >= 15 is 0 Å². The third-order valence-corrected chi connectivity index (χ3v) is 8.69. The number of hydrogen-bond acceptors (Lipinski definition) is 4. The number of ether oxygens (including phenoxy) is 1. The highest BCUT2D eigenvalue weighted by molar-refractivity contribution is 5.78. The Labute approximate surface area is 253 Å². The fourth-order valence-corrected chi connectivity index (χ4v) is 6.32. The van der Waals surface area contributed by atoms with Crippen LogP contribution in [0, 0.1) is 5.92 Å². The van der Waals surface area contributed by atoms with E-state index in [1.54, 1.807) is 0 Å². The first kappa shape index (κ1) is 31.6. The van der Waals surface area contributed by atoms with Gasteiger partial charge < -0.3 is 15.2 Å². The average molecular weight is 571 g/mol. The van der Waals surface area contributed by atoms with Crippen LogP contribution < -0.4 is 10.1 Å². The van der Waals surface area contributed by atoms with Gasteiger partial charge in [0.1, 0.15) is 11.5 Å². The Balaban J connectivity index is 1.33. The van der Waals surface area contributed by atoms with Gasteiger partial charge in [-0.25, -0.2) is 0 Å². The summed E-state index contributed by atoms with van der Waals surface area (Å²) < 4.78 is 6.08. The lowest BCUT2D eigenvalue weighted by molar-refractivity contribution is -0.124. The molecule has 4 rings (SSSR count). The summed E-state index contributed by atoms with van der Waals surface area (Å²) in [5, 5.41) is 14.1. The maximum atomic E-state index is 12.2. The fourth-order valence-electron chi connectivity index (χ4n) is 6.32. The van der Waals surface area contributed by atoms with E-state index in [4.69, 9.17) is 4.74 Å². The van der Waals surface area contributed by atoms with Gasteiger partial charge >= 0.3 is 0 Å². The summed E-state index contributed by atoms with van der Waals surface area (Å²) in [6.07, 6.45) is 6.94. The van der Waals surface area contributed by atoms with Gasteiger partial charge in [-0.05, 0) is 94.8 Å². The quantitative estimate of drug-likeness (QED) is 0.199. The minimum atomic E-state index is 0.113. The third-order valence-electron chi connectivity index (χ3n) is 8.69. The minimum absolute atomic E-state index is 0.113. The molecule has 0 unspecified atom stereocenters. The highest BCUT2D eigenvalue weighted by Crippen LogP contribution is 2.35. The predicted molar refractivity (Wildman–Crippen MR) is 172 cm³/mol. The van der Waals surface area contributed by atoms with Crippen molar-refractivity contribution < 1.29 is 14.6 Å². The van der Waals surface area contributed by atoms with Crippen LogP contribution in [0.3, 0.4) is 0 Å². The van der Waals surface area contributed by atoms with Gasteiger partial charge in [-0.15, -0.1) is 0 Å². The number of nitrogens with zero attached hydrogens (tertiary/aromatic N) is 1. The van der Waals surface area contributed by atoms with Crippen molar-refractivity contribution in [3.8, 4) is 11.5 Å². The molecular formula is C37H50N2O3. The summed E-state index contributed by atoms with van der Waals surface area (Å²) in [5.41, 5.74) is 4.56. The molecule has 0 aromatic heterocycles. The topological polar surface area (TPSA) is 61.8 Å². The normalized spacial score (nSPS) is 14.5. The van der Waals surface area contributed by atoms with Gasteiger partial charge in [0.25, 0.3) is 0 Å². The molecule has 3 aromatic rings. The number of rotatable bonds is 15. The van der Waals surface area contributed by atoms with Gasteiger partial charge in [0, 0.05) is 42.4 Å². The summed E-state index contributed by atoms with van der Waals surface area (Å²) in [4.78, 5) is 14.8. The maximum absolute atomic E-state index is 12.2. The summed E-state index contributed by atoms with van der Waals surface area (Å²) in [7, 11) is 0. The minimum Gasteiger partial charge on any atom is -0.508 e. The molecule has 5 nitrogen and oxygen atoms in total. The molecule has 3 aromatic carbocycles. The Morgan fingerprint density at radius 2 is 1.57 bits per heavy atom. The Kier molecular flexibility index (Phi) is 11.9. The standard InChI is InChI=1S/C37H50N2O3/c1-27(2)39(28(3)4)24-21-34(31-10-6-5-7-11-31)35-26-30(16-19-36(35)40)22-25-42-33-17-14-29(15-18-33)20-23-38-37(41)32-12-8-9-13-32/h5-7,10-11,14-19,26-28,32,34,40H,8-9,12-13,20-25H2,1-4H3,(H,38,41)/t34-/m1/s1. The summed E-state index contributed by atoms with van der Waals surface area (Å²) in [6.45, 7) is 11.2. The lowest BCUT2D eigenvalue weighted by Gasteiger charge is -2.32. The molecular weight excluding hydrogens is 520 g/mol. The van der Waals surface area contributed by atoms with Crippen molar-refractivity contribution >= 4 is 5.91 Å². The Hall–Kier alpha value is -3.31. The van der Waals surface area contributed by atoms with Gasteiger partial charge in [-0.1, -0.05) is 67.4 Å². The summed E-state index contributed by atoms with van der Waals surface area (Å²) in [6, 6.07) is 25.7. The molecule has 1 aliphatic carbocycles. The van der Waals surface area contributed by atoms with E-state index in [9.17, 15) is 9.90 Å². The molecule has 226 valence electrons. The van der Waals surface area contributed by atoms with Crippen molar-refractivity contribution in [2.45, 2.75) is 90.6 Å². The van der Waals surface area contributed by atoms with Gasteiger partial charge in [-0.3, -0.25) is 9.69 Å². The molecule has 0 aliphatic heterocycles. The SMILES string of the molecule is CC(C)N(CC[C@H](c1ccccc1)c1cc(CCOc2ccc(CCNC(=O)C3CCCC3)cc2)ccc1O)C(C)C. The lowest BCUT2D eigenvalue weighted by atomic mass is 9.86. The second-order valence-corrected chi connectivity index (χ2v) is 12.3. The van der Waals surface area contributed by atoms with Crippen LogP contribution in [0.15, 0.2) is 72.8 Å². The molecule has 5 heteroatoms. The van der Waals surface area contributed by atoms with Gasteiger partial charge in [0.15, 0.2) is 0 Å². The van der Waals surface area contributed by atoms with Crippen LogP contribution in [0.5, 0.6) is 11.5 Å². The highest BCUT2D eigenvalue weighted by atomic mass is 16.5. The number of aromatic hydroxyl groups is 1. The molecule has 0 saturated heterocycles. The van der Waals surface area contributed by atoms with Crippen LogP contribution in [0.25, 0.3) is 0 Å². The Morgan fingerprint density at radius 3 is 2.24 bits per heavy atom. The molecule has 0 radical (unpaired) electrons. The number of hydrogen-bond donors (Lipinski definition) is 2. The monoisotopic (exact) mass is 570 g/mol. The molecule has 1 aliphatic rings.